The Morgan fingerprint density at radius 2 is 1.76 bits per heavy atom. The van der Waals surface area contributed by atoms with Crippen molar-refractivity contribution in [3.05, 3.63) is 46.1 Å². The van der Waals surface area contributed by atoms with Gasteiger partial charge in [0.05, 0.1) is 6.10 Å². The maximum Gasteiger partial charge on any atom is 0.0728 e. The lowest BCUT2D eigenvalue weighted by atomic mass is 10.0. The van der Waals surface area contributed by atoms with E-state index in [2.05, 4.69) is 52.9 Å². The lowest BCUT2D eigenvalue weighted by molar-refractivity contribution is 0.208. The van der Waals surface area contributed by atoms with Gasteiger partial charge in [0.15, 0.2) is 0 Å². The van der Waals surface area contributed by atoms with E-state index in [1.165, 1.54) is 31.2 Å². The molecule has 94 valence electrons. The molecular weight excluding hydrogens is 323 g/mol. The maximum atomic E-state index is 9.49. The molecule has 0 saturated carbocycles. The number of aliphatic hydroxyl groups is 1. The molecule has 1 atom stereocenters. The van der Waals surface area contributed by atoms with Gasteiger partial charge in [0, 0.05) is 0 Å². The van der Waals surface area contributed by atoms with Crippen LogP contribution in [-0.4, -0.2) is 11.2 Å². The fourth-order valence-corrected chi connectivity index (χ4v) is 2.34. The van der Waals surface area contributed by atoms with Gasteiger partial charge in [-0.2, -0.15) is 0 Å². The van der Waals surface area contributed by atoms with Gasteiger partial charge in [0.2, 0.25) is 0 Å². The Morgan fingerprint density at radius 1 is 1.06 bits per heavy atom. The number of unbranched alkanes of at least 4 members (excludes halogenated alkanes) is 3. The fourth-order valence-electron chi connectivity index (χ4n) is 1.86. The summed E-state index contributed by atoms with van der Waals surface area (Å²) in [6.07, 6.45) is 8.53. The van der Waals surface area contributed by atoms with E-state index in [1.54, 1.807) is 0 Å². The van der Waals surface area contributed by atoms with Crippen LogP contribution in [-0.2, 0) is 6.42 Å². The Balaban J connectivity index is 1.98. The molecule has 1 unspecified atom stereocenters. The van der Waals surface area contributed by atoms with Crippen LogP contribution >= 0.6 is 22.6 Å². The van der Waals surface area contributed by atoms with E-state index in [1.807, 2.05) is 10.2 Å². The molecule has 1 N–H and O–H groups in total. The second kappa shape index (κ2) is 9.66. The standard InChI is InChI=1S/C15H21IO/c16-13-12-15(17)11-7-2-1-4-8-14-9-5-3-6-10-14/h3,5-6,9-10,12-13,15,17H,1-2,4,7-8,11H2/b13-12+. The van der Waals surface area contributed by atoms with Crippen molar-refractivity contribution in [2.45, 2.75) is 44.6 Å². The Labute approximate surface area is 118 Å². The summed E-state index contributed by atoms with van der Waals surface area (Å²) >= 11 is 2.14. The summed E-state index contributed by atoms with van der Waals surface area (Å²) < 4.78 is 1.89. The van der Waals surface area contributed by atoms with Crippen LogP contribution in [0.2, 0.25) is 0 Å². The summed E-state index contributed by atoms with van der Waals surface area (Å²) in [6, 6.07) is 10.6. The summed E-state index contributed by atoms with van der Waals surface area (Å²) in [5.74, 6) is 0. The number of benzene rings is 1. The van der Waals surface area contributed by atoms with Crippen molar-refractivity contribution in [3.63, 3.8) is 0 Å². The van der Waals surface area contributed by atoms with E-state index in [-0.39, 0.29) is 6.10 Å². The van der Waals surface area contributed by atoms with Crippen molar-refractivity contribution in [1.82, 2.24) is 0 Å². The first-order valence-corrected chi connectivity index (χ1v) is 7.56. The van der Waals surface area contributed by atoms with Crippen LogP contribution in [0.3, 0.4) is 0 Å². The Hall–Kier alpha value is -0.350. The van der Waals surface area contributed by atoms with E-state index in [4.69, 9.17) is 0 Å². The third-order valence-corrected chi connectivity index (χ3v) is 3.27. The molecule has 1 nitrogen and oxygen atoms in total. The van der Waals surface area contributed by atoms with E-state index in [9.17, 15) is 5.11 Å². The molecule has 0 bridgehead atoms. The minimum Gasteiger partial charge on any atom is -0.389 e. The average molecular weight is 344 g/mol. The molecule has 0 aliphatic carbocycles. The molecular formula is C15H21IO. The topological polar surface area (TPSA) is 20.2 Å². The number of aryl methyl sites for hydroxylation is 1. The van der Waals surface area contributed by atoms with Crippen molar-refractivity contribution in [3.8, 4) is 0 Å². The molecule has 0 spiro atoms. The molecule has 1 aromatic carbocycles. The normalized spacial score (nSPS) is 13.1. The van der Waals surface area contributed by atoms with Gasteiger partial charge in [-0.15, -0.1) is 0 Å². The zero-order valence-corrected chi connectivity index (χ0v) is 12.3. The minimum atomic E-state index is -0.249. The highest BCUT2D eigenvalue weighted by atomic mass is 127. The first kappa shape index (κ1) is 14.7. The highest BCUT2D eigenvalue weighted by Gasteiger charge is 1.98. The lowest BCUT2D eigenvalue weighted by Crippen LogP contribution is -2.00. The number of rotatable bonds is 8. The molecule has 0 saturated heterocycles. The quantitative estimate of drug-likeness (QED) is 0.544. The number of halogens is 1. The van der Waals surface area contributed by atoms with Crippen LogP contribution in [0.15, 0.2) is 40.5 Å². The average Bonchev–Trinajstić information content (AvgIpc) is 2.35. The Morgan fingerprint density at radius 3 is 2.47 bits per heavy atom. The van der Waals surface area contributed by atoms with Gasteiger partial charge >= 0.3 is 0 Å². The molecule has 2 heteroatoms. The predicted octanol–water partition coefficient (Wildman–Crippen LogP) is 4.49. The summed E-state index contributed by atoms with van der Waals surface area (Å²) in [4.78, 5) is 0. The first-order chi connectivity index (χ1) is 8.33. The van der Waals surface area contributed by atoms with E-state index in [0.717, 1.165) is 12.8 Å². The second-order valence-electron chi connectivity index (χ2n) is 4.32. The van der Waals surface area contributed by atoms with Crippen molar-refractivity contribution in [2.24, 2.45) is 0 Å². The van der Waals surface area contributed by atoms with Crippen LogP contribution in [0.4, 0.5) is 0 Å². The number of hydrogen-bond acceptors (Lipinski definition) is 1. The zero-order chi connectivity index (χ0) is 12.3. The highest BCUT2D eigenvalue weighted by molar-refractivity contribution is 14.1. The molecule has 0 amide bonds. The molecule has 0 aliphatic rings. The van der Waals surface area contributed by atoms with Crippen LogP contribution in [0.25, 0.3) is 0 Å². The van der Waals surface area contributed by atoms with Crippen molar-refractivity contribution >= 4 is 22.6 Å². The summed E-state index contributed by atoms with van der Waals surface area (Å²) in [6.45, 7) is 0. The van der Waals surface area contributed by atoms with Gasteiger partial charge in [-0.3, -0.25) is 0 Å². The smallest absolute Gasteiger partial charge is 0.0728 e. The molecule has 1 aromatic rings. The van der Waals surface area contributed by atoms with Crippen LogP contribution < -0.4 is 0 Å². The monoisotopic (exact) mass is 344 g/mol. The van der Waals surface area contributed by atoms with Crippen molar-refractivity contribution < 1.29 is 5.11 Å². The Bertz CT molecular complexity index is 308. The largest absolute Gasteiger partial charge is 0.389 e. The first-order valence-electron chi connectivity index (χ1n) is 6.32. The fraction of sp³-hybridized carbons (Fsp3) is 0.467. The third kappa shape index (κ3) is 7.55. The molecule has 0 aromatic heterocycles. The van der Waals surface area contributed by atoms with Gasteiger partial charge in [-0.05, 0) is 28.9 Å². The molecule has 0 radical (unpaired) electrons. The van der Waals surface area contributed by atoms with Gasteiger partial charge in [0.1, 0.15) is 0 Å². The number of hydrogen-bond donors (Lipinski definition) is 1. The summed E-state index contributed by atoms with van der Waals surface area (Å²) in [7, 11) is 0. The van der Waals surface area contributed by atoms with Crippen molar-refractivity contribution in [1.29, 1.82) is 0 Å². The lowest BCUT2D eigenvalue weighted by Gasteiger charge is -2.05. The number of aliphatic hydroxyl groups excluding tert-OH is 1. The second-order valence-corrected chi connectivity index (χ2v) is 5.04. The highest BCUT2D eigenvalue weighted by Crippen LogP contribution is 2.10. The zero-order valence-electron chi connectivity index (χ0n) is 10.2. The van der Waals surface area contributed by atoms with Crippen LogP contribution in [0.1, 0.15) is 37.7 Å². The molecule has 0 aliphatic heterocycles. The SMILES string of the molecule is OC(/C=C/I)CCCCCCc1ccccc1. The predicted molar refractivity (Wildman–Crippen MR) is 82.4 cm³/mol. The third-order valence-electron chi connectivity index (χ3n) is 2.85. The maximum absolute atomic E-state index is 9.49. The summed E-state index contributed by atoms with van der Waals surface area (Å²) in [5.41, 5.74) is 1.43. The van der Waals surface area contributed by atoms with E-state index < -0.39 is 0 Å². The van der Waals surface area contributed by atoms with Crippen LogP contribution in [0.5, 0.6) is 0 Å². The van der Waals surface area contributed by atoms with Crippen LogP contribution in [0, 0.1) is 0 Å². The molecule has 0 fully saturated rings. The molecule has 17 heavy (non-hydrogen) atoms. The molecule has 1 rings (SSSR count). The van der Waals surface area contributed by atoms with Gasteiger partial charge < -0.3 is 5.11 Å². The van der Waals surface area contributed by atoms with Gasteiger partial charge in [0.25, 0.3) is 0 Å². The van der Waals surface area contributed by atoms with Crippen molar-refractivity contribution in [2.75, 3.05) is 0 Å². The van der Waals surface area contributed by atoms with Gasteiger partial charge in [-0.1, -0.05) is 78.3 Å². The summed E-state index contributed by atoms with van der Waals surface area (Å²) in [5, 5.41) is 9.49. The Kier molecular flexibility index (Phi) is 8.36. The van der Waals surface area contributed by atoms with E-state index >= 15 is 0 Å². The molecule has 0 heterocycles. The van der Waals surface area contributed by atoms with Gasteiger partial charge in [-0.25, -0.2) is 0 Å². The van der Waals surface area contributed by atoms with E-state index in [0.29, 0.717) is 0 Å². The minimum absolute atomic E-state index is 0.249.